The first kappa shape index (κ1) is 15.4. The van der Waals surface area contributed by atoms with Crippen molar-refractivity contribution < 1.29 is 9.90 Å². The molecule has 1 aromatic heterocycles. The summed E-state index contributed by atoms with van der Waals surface area (Å²) in [5.41, 5.74) is 3.22. The van der Waals surface area contributed by atoms with Gasteiger partial charge in [0, 0.05) is 19.1 Å². The van der Waals surface area contributed by atoms with E-state index in [1.54, 1.807) is 0 Å². The van der Waals surface area contributed by atoms with Crippen LogP contribution in [0.2, 0.25) is 0 Å². The Morgan fingerprint density at radius 2 is 2.13 bits per heavy atom. The molecule has 0 aliphatic carbocycles. The topological polar surface area (TPSA) is 70.4 Å². The predicted molar refractivity (Wildman–Crippen MR) is 88.6 cm³/mol. The molecule has 0 spiro atoms. The van der Waals surface area contributed by atoms with E-state index >= 15 is 0 Å². The number of rotatable bonds is 4. The predicted octanol–water partition coefficient (Wildman–Crippen LogP) is 3.18. The first-order valence-electron chi connectivity index (χ1n) is 7.92. The number of hydrogen-bond acceptors (Lipinski definition) is 3. The van der Waals surface area contributed by atoms with Crippen molar-refractivity contribution in [3.8, 4) is 0 Å². The first-order valence-corrected chi connectivity index (χ1v) is 7.92. The molecule has 1 aliphatic rings. The molecule has 1 aromatic carbocycles. The highest BCUT2D eigenvalue weighted by Gasteiger charge is 2.31. The summed E-state index contributed by atoms with van der Waals surface area (Å²) in [4.78, 5) is 13.4. The van der Waals surface area contributed by atoms with E-state index in [1.165, 1.54) is 5.56 Å². The number of carboxylic acid groups (broad SMARTS) is 1. The fraction of sp³-hybridized carbons (Fsp3) is 0.412. The van der Waals surface area contributed by atoms with Gasteiger partial charge in [-0.05, 0) is 25.8 Å². The standard InChI is InChI=1S/C17H22N4O2/c1-12(2)21-16-14(19-17(22)23)8-9-20(15(16)10-18-21)11-13-6-4-3-5-7-13/h3-7,10,12,14,19H,8-9,11H2,1-2H3,(H,22,23). The lowest BCUT2D eigenvalue weighted by molar-refractivity contribution is 0.188. The lowest BCUT2D eigenvalue weighted by atomic mass is 10.0. The molecule has 6 heteroatoms. The number of nitrogens with one attached hydrogen (secondary N) is 1. The second-order valence-corrected chi connectivity index (χ2v) is 6.15. The largest absolute Gasteiger partial charge is 0.465 e. The van der Waals surface area contributed by atoms with Gasteiger partial charge in [-0.15, -0.1) is 0 Å². The van der Waals surface area contributed by atoms with Crippen LogP contribution in [0.1, 0.15) is 43.6 Å². The molecule has 122 valence electrons. The summed E-state index contributed by atoms with van der Waals surface area (Å²) >= 11 is 0. The monoisotopic (exact) mass is 314 g/mol. The first-order chi connectivity index (χ1) is 11.1. The molecule has 2 heterocycles. The maximum atomic E-state index is 11.1. The van der Waals surface area contributed by atoms with E-state index in [0.29, 0.717) is 0 Å². The molecule has 1 atom stereocenters. The van der Waals surface area contributed by atoms with Gasteiger partial charge in [-0.3, -0.25) is 4.68 Å². The molecule has 1 unspecified atom stereocenters. The van der Waals surface area contributed by atoms with Gasteiger partial charge in [-0.1, -0.05) is 30.3 Å². The van der Waals surface area contributed by atoms with Gasteiger partial charge in [0.1, 0.15) is 0 Å². The van der Waals surface area contributed by atoms with E-state index in [4.69, 9.17) is 5.11 Å². The van der Waals surface area contributed by atoms with Gasteiger partial charge in [-0.2, -0.15) is 5.10 Å². The van der Waals surface area contributed by atoms with Gasteiger partial charge in [0.25, 0.3) is 0 Å². The summed E-state index contributed by atoms with van der Waals surface area (Å²) in [6.45, 7) is 5.72. The minimum absolute atomic E-state index is 0.188. The third-order valence-electron chi connectivity index (χ3n) is 4.18. The Balaban J connectivity index is 1.92. The molecule has 2 aromatic rings. The average Bonchev–Trinajstić information content (AvgIpc) is 2.96. The molecule has 2 N–H and O–H groups in total. The summed E-state index contributed by atoms with van der Waals surface area (Å²) in [5, 5.41) is 16.2. The second kappa shape index (κ2) is 6.32. The maximum absolute atomic E-state index is 11.1. The van der Waals surface area contributed by atoms with Crippen molar-refractivity contribution in [2.45, 2.75) is 38.9 Å². The van der Waals surface area contributed by atoms with E-state index in [2.05, 4.69) is 41.3 Å². The molecule has 1 aliphatic heterocycles. The van der Waals surface area contributed by atoms with Crippen LogP contribution >= 0.6 is 0 Å². The van der Waals surface area contributed by atoms with Crippen LogP contribution in [-0.2, 0) is 6.54 Å². The Morgan fingerprint density at radius 1 is 1.39 bits per heavy atom. The van der Waals surface area contributed by atoms with Gasteiger partial charge in [-0.25, -0.2) is 4.79 Å². The van der Waals surface area contributed by atoms with Crippen LogP contribution in [0.15, 0.2) is 36.5 Å². The Bertz CT molecular complexity index is 681. The van der Waals surface area contributed by atoms with Crippen molar-refractivity contribution in [1.29, 1.82) is 0 Å². The Morgan fingerprint density at radius 3 is 2.78 bits per heavy atom. The second-order valence-electron chi connectivity index (χ2n) is 6.15. The van der Waals surface area contributed by atoms with E-state index in [1.807, 2.05) is 29.1 Å². The summed E-state index contributed by atoms with van der Waals surface area (Å²) in [5.74, 6) is 0. The summed E-state index contributed by atoms with van der Waals surface area (Å²) in [7, 11) is 0. The molecule has 0 saturated carbocycles. The summed E-state index contributed by atoms with van der Waals surface area (Å²) in [6, 6.07) is 10.3. The van der Waals surface area contributed by atoms with Crippen molar-refractivity contribution in [2.75, 3.05) is 11.4 Å². The van der Waals surface area contributed by atoms with Crippen LogP contribution in [0.3, 0.4) is 0 Å². The molecule has 6 nitrogen and oxygen atoms in total. The van der Waals surface area contributed by atoms with Crippen molar-refractivity contribution in [3.05, 3.63) is 47.8 Å². The molecular formula is C17H22N4O2. The number of anilines is 1. The zero-order valence-electron chi connectivity index (χ0n) is 13.4. The molecule has 0 fully saturated rings. The van der Waals surface area contributed by atoms with Gasteiger partial charge in [0.15, 0.2) is 0 Å². The zero-order chi connectivity index (χ0) is 16.4. The Hall–Kier alpha value is -2.50. The highest BCUT2D eigenvalue weighted by atomic mass is 16.4. The van der Waals surface area contributed by atoms with Gasteiger partial charge in [0.05, 0.1) is 23.6 Å². The van der Waals surface area contributed by atoms with Crippen LogP contribution in [0.25, 0.3) is 0 Å². The van der Waals surface area contributed by atoms with E-state index in [9.17, 15) is 4.79 Å². The number of aromatic nitrogens is 2. The molecule has 0 radical (unpaired) electrons. The molecule has 23 heavy (non-hydrogen) atoms. The number of nitrogens with zero attached hydrogens (tertiary/aromatic N) is 3. The summed E-state index contributed by atoms with van der Waals surface area (Å²) in [6.07, 6.45) is 1.60. The fourth-order valence-electron chi connectivity index (χ4n) is 3.16. The van der Waals surface area contributed by atoms with Gasteiger partial charge >= 0.3 is 6.09 Å². The average molecular weight is 314 g/mol. The SMILES string of the molecule is CC(C)n1ncc2c1C(NC(=O)O)CCN2Cc1ccccc1. The third kappa shape index (κ3) is 3.16. The fourth-order valence-corrected chi connectivity index (χ4v) is 3.16. The lowest BCUT2D eigenvalue weighted by Crippen LogP contribution is -2.38. The Labute approximate surface area is 135 Å². The van der Waals surface area contributed by atoms with Crippen molar-refractivity contribution >= 4 is 11.8 Å². The Kier molecular flexibility index (Phi) is 4.23. The van der Waals surface area contributed by atoms with E-state index in [-0.39, 0.29) is 12.1 Å². The van der Waals surface area contributed by atoms with Gasteiger partial charge < -0.3 is 15.3 Å². The highest BCUT2D eigenvalue weighted by molar-refractivity contribution is 5.66. The zero-order valence-corrected chi connectivity index (χ0v) is 13.4. The minimum atomic E-state index is -0.992. The smallest absolute Gasteiger partial charge is 0.405 e. The molecule has 0 bridgehead atoms. The highest BCUT2D eigenvalue weighted by Crippen LogP contribution is 2.36. The molecule has 3 rings (SSSR count). The maximum Gasteiger partial charge on any atom is 0.405 e. The summed E-state index contributed by atoms with van der Waals surface area (Å²) < 4.78 is 1.92. The number of benzene rings is 1. The molecule has 0 saturated heterocycles. The lowest BCUT2D eigenvalue weighted by Gasteiger charge is -2.34. The van der Waals surface area contributed by atoms with E-state index < -0.39 is 6.09 Å². The number of carbonyl (C=O) groups is 1. The number of hydrogen-bond donors (Lipinski definition) is 2. The van der Waals surface area contributed by atoms with Gasteiger partial charge in [0.2, 0.25) is 0 Å². The number of fused-ring (bicyclic) bond motifs is 1. The quantitative estimate of drug-likeness (QED) is 0.909. The van der Waals surface area contributed by atoms with Crippen LogP contribution in [0.5, 0.6) is 0 Å². The number of amides is 1. The van der Waals surface area contributed by atoms with Crippen molar-refractivity contribution in [1.82, 2.24) is 15.1 Å². The van der Waals surface area contributed by atoms with Crippen molar-refractivity contribution in [3.63, 3.8) is 0 Å². The molecular weight excluding hydrogens is 292 g/mol. The third-order valence-corrected chi connectivity index (χ3v) is 4.18. The minimum Gasteiger partial charge on any atom is -0.465 e. The van der Waals surface area contributed by atoms with Crippen molar-refractivity contribution in [2.24, 2.45) is 0 Å². The van der Waals surface area contributed by atoms with Crippen LogP contribution in [0.4, 0.5) is 10.5 Å². The normalized spacial score (nSPS) is 17.2. The van der Waals surface area contributed by atoms with E-state index in [0.717, 1.165) is 30.9 Å². The van der Waals surface area contributed by atoms with Crippen LogP contribution in [0, 0.1) is 0 Å². The molecule has 1 amide bonds. The van der Waals surface area contributed by atoms with Crippen LogP contribution in [-0.4, -0.2) is 27.5 Å². The van der Waals surface area contributed by atoms with Crippen LogP contribution < -0.4 is 10.2 Å².